The van der Waals surface area contributed by atoms with Gasteiger partial charge in [0.2, 0.25) is 0 Å². The topological polar surface area (TPSA) is 80.7 Å². The summed E-state index contributed by atoms with van der Waals surface area (Å²) < 4.78 is 27.9. The molecule has 0 aliphatic carbocycles. The van der Waals surface area contributed by atoms with E-state index >= 15 is 0 Å². The van der Waals surface area contributed by atoms with Gasteiger partial charge in [0.15, 0.2) is 9.84 Å². The number of carboxylic acid groups (broad SMARTS) is 1. The Morgan fingerprint density at radius 3 is 2.38 bits per heavy atom. The van der Waals surface area contributed by atoms with Gasteiger partial charge in [0.05, 0.1) is 12.0 Å². The van der Waals surface area contributed by atoms with Gasteiger partial charge < -0.3 is 9.84 Å². The van der Waals surface area contributed by atoms with Crippen LogP contribution in [0.15, 0.2) is 21.5 Å². The summed E-state index contributed by atoms with van der Waals surface area (Å²) in [6, 6.07) is 2.39. The molecule has 0 atom stereocenters. The molecule has 1 N–H and O–H groups in total. The van der Waals surface area contributed by atoms with Gasteiger partial charge in [-0.25, -0.2) is 13.2 Å². The molecule has 0 saturated heterocycles. The van der Waals surface area contributed by atoms with E-state index in [0.717, 1.165) is 12.3 Å². The predicted molar refractivity (Wildman–Crippen MR) is 60.8 cm³/mol. The maximum atomic E-state index is 11.4. The zero-order valence-corrected chi connectivity index (χ0v) is 10.9. The van der Waals surface area contributed by atoms with Crippen LogP contribution in [0, 0.1) is 0 Å². The second-order valence-corrected chi connectivity index (χ2v) is 5.90. The van der Waals surface area contributed by atoms with Gasteiger partial charge in [-0.05, 0) is 28.1 Å². The van der Waals surface area contributed by atoms with E-state index in [1.54, 1.807) is 0 Å². The van der Waals surface area contributed by atoms with Crippen molar-refractivity contribution in [3.8, 4) is 5.75 Å². The van der Waals surface area contributed by atoms with Crippen molar-refractivity contribution in [1.29, 1.82) is 0 Å². The quantitative estimate of drug-likeness (QED) is 0.916. The molecule has 0 aliphatic rings. The summed E-state index contributed by atoms with van der Waals surface area (Å²) in [5.74, 6) is -1.14. The highest BCUT2D eigenvalue weighted by Crippen LogP contribution is 2.30. The average molecular weight is 309 g/mol. The Balaban J connectivity index is 3.58. The molecule has 7 heteroatoms. The minimum Gasteiger partial charge on any atom is -0.496 e. The first-order valence-electron chi connectivity index (χ1n) is 4.08. The molecule has 0 saturated carbocycles. The maximum Gasteiger partial charge on any atom is 0.339 e. The van der Waals surface area contributed by atoms with Crippen LogP contribution < -0.4 is 4.74 Å². The SMILES string of the molecule is COc1cc(Br)c(S(C)(=O)=O)cc1C(=O)O. The fraction of sp³-hybridized carbons (Fsp3) is 0.222. The molecule has 16 heavy (non-hydrogen) atoms. The summed E-state index contributed by atoms with van der Waals surface area (Å²) in [6.45, 7) is 0. The lowest BCUT2D eigenvalue weighted by Gasteiger charge is -2.08. The Morgan fingerprint density at radius 2 is 2.00 bits per heavy atom. The lowest BCUT2D eigenvalue weighted by atomic mass is 10.2. The van der Waals surface area contributed by atoms with Crippen molar-refractivity contribution in [2.45, 2.75) is 4.90 Å². The van der Waals surface area contributed by atoms with Crippen molar-refractivity contribution in [1.82, 2.24) is 0 Å². The largest absolute Gasteiger partial charge is 0.496 e. The summed E-state index contributed by atoms with van der Waals surface area (Å²) in [6.07, 6.45) is 1.01. The molecule has 1 aromatic carbocycles. The van der Waals surface area contributed by atoms with Gasteiger partial charge in [-0.2, -0.15) is 0 Å². The number of hydrogen-bond donors (Lipinski definition) is 1. The monoisotopic (exact) mass is 308 g/mol. The third kappa shape index (κ3) is 2.53. The fourth-order valence-corrected chi connectivity index (χ4v) is 3.10. The number of methoxy groups -OCH3 is 1. The van der Waals surface area contributed by atoms with Crippen molar-refractivity contribution < 1.29 is 23.1 Å². The van der Waals surface area contributed by atoms with Gasteiger partial charge in [0, 0.05) is 10.7 Å². The predicted octanol–water partition coefficient (Wildman–Crippen LogP) is 1.56. The first-order valence-corrected chi connectivity index (χ1v) is 6.76. The van der Waals surface area contributed by atoms with Gasteiger partial charge in [0.25, 0.3) is 0 Å². The molecule has 0 aromatic heterocycles. The number of aromatic carboxylic acids is 1. The normalized spacial score (nSPS) is 11.2. The van der Waals surface area contributed by atoms with E-state index in [4.69, 9.17) is 9.84 Å². The first kappa shape index (κ1) is 13.0. The van der Waals surface area contributed by atoms with E-state index in [2.05, 4.69) is 15.9 Å². The number of ether oxygens (including phenoxy) is 1. The van der Waals surface area contributed by atoms with E-state index in [1.165, 1.54) is 13.2 Å². The minimum absolute atomic E-state index is 0.0781. The average Bonchev–Trinajstić information content (AvgIpc) is 2.14. The van der Waals surface area contributed by atoms with Crippen LogP contribution in [0.4, 0.5) is 0 Å². The lowest BCUT2D eigenvalue weighted by molar-refractivity contribution is 0.0693. The Hall–Kier alpha value is -1.08. The highest BCUT2D eigenvalue weighted by molar-refractivity contribution is 9.10. The molecular weight excluding hydrogens is 300 g/mol. The summed E-state index contributed by atoms with van der Waals surface area (Å²) in [4.78, 5) is 10.8. The molecule has 5 nitrogen and oxygen atoms in total. The summed E-state index contributed by atoms with van der Waals surface area (Å²) in [7, 11) is -2.17. The Labute approximate surface area is 101 Å². The lowest BCUT2D eigenvalue weighted by Crippen LogP contribution is -2.05. The molecule has 1 aromatic rings. The Morgan fingerprint density at radius 1 is 1.44 bits per heavy atom. The van der Waals surface area contributed by atoms with E-state index in [9.17, 15) is 13.2 Å². The number of carbonyl (C=O) groups is 1. The van der Waals surface area contributed by atoms with E-state index in [1.807, 2.05) is 0 Å². The van der Waals surface area contributed by atoms with Crippen molar-refractivity contribution >= 4 is 31.7 Å². The standard InChI is InChI=1S/C9H9BrO5S/c1-15-7-4-6(10)8(16(2,13)14)3-5(7)9(11)12/h3-4H,1-2H3,(H,11,12). The molecule has 0 heterocycles. The Bertz CT molecular complexity index is 535. The molecule has 0 unspecified atom stereocenters. The van der Waals surface area contributed by atoms with Gasteiger partial charge in [-0.3, -0.25) is 0 Å². The Kier molecular flexibility index (Phi) is 3.59. The van der Waals surface area contributed by atoms with E-state index in [-0.39, 0.29) is 20.7 Å². The fourth-order valence-electron chi connectivity index (χ4n) is 1.16. The summed E-state index contributed by atoms with van der Waals surface area (Å²) >= 11 is 3.05. The van der Waals surface area contributed by atoms with Gasteiger partial charge in [0.1, 0.15) is 11.3 Å². The summed E-state index contributed by atoms with van der Waals surface area (Å²) in [5.41, 5.74) is -0.189. The van der Waals surface area contributed by atoms with E-state index < -0.39 is 15.8 Å². The number of sulfone groups is 1. The van der Waals surface area contributed by atoms with Crippen molar-refractivity contribution in [3.63, 3.8) is 0 Å². The molecule has 1 rings (SSSR count). The molecule has 0 amide bonds. The van der Waals surface area contributed by atoms with Crippen LogP contribution in [-0.2, 0) is 9.84 Å². The molecule has 0 spiro atoms. The van der Waals surface area contributed by atoms with Crippen molar-refractivity contribution in [3.05, 3.63) is 22.2 Å². The van der Waals surface area contributed by atoms with Gasteiger partial charge in [-0.1, -0.05) is 0 Å². The highest BCUT2D eigenvalue weighted by atomic mass is 79.9. The zero-order valence-electron chi connectivity index (χ0n) is 8.52. The second-order valence-electron chi connectivity index (χ2n) is 3.06. The highest BCUT2D eigenvalue weighted by Gasteiger charge is 2.19. The van der Waals surface area contributed by atoms with Crippen LogP contribution in [0.2, 0.25) is 0 Å². The van der Waals surface area contributed by atoms with Crippen LogP contribution in [-0.4, -0.2) is 32.9 Å². The maximum absolute atomic E-state index is 11.4. The zero-order chi connectivity index (χ0) is 12.5. The van der Waals surface area contributed by atoms with Gasteiger partial charge in [-0.15, -0.1) is 0 Å². The molecule has 0 fully saturated rings. The third-order valence-corrected chi connectivity index (χ3v) is 3.94. The van der Waals surface area contributed by atoms with Crippen LogP contribution in [0.5, 0.6) is 5.75 Å². The molecular formula is C9H9BrO5S. The second kappa shape index (κ2) is 4.42. The number of hydrogen-bond acceptors (Lipinski definition) is 4. The minimum atomic E-state index is -3.48. The van der Waals surface area contributed by atoms with Gasteiger partial charge >= 0.3 is 5.97 Å². The smallest absolute Gasteiger partial charge is 0.339 e. The van der Waals surface area contributed by atoms with Crippen LogP contribution >= 0.6 is 15.9 Å². The number of carboxylic acids is 1. The van der Waals surface area contributed by atoms with Crippen molar-refractivity contribution in [2.75, 3.05) is 13.4 Å². The number of halogens is 1. The number of benzene rings is 1. The van der Waals surface area contributed by atoms with Crippen LogP contribution in [0.25, 0.3) is 0 Å². The van der Waals surface area contributed by atoms with Crippen molar-refractivity contribution in [2.24, 2.45) is 0 Å². The molecule has 88 valence electrons. The molecule has 0 bridgehead atoms. The number of rotatable bonds is 3. The van der Waals surface area contributed by atoms with E-state index in [0.29, 0.717) is 0 Å². The molecule has 0 aliphatic heterocycles. The van der Waals surface area contributed by atoms with Crippen LogP contribution in [0.1, 0.15) is 10.4 Å². The molecule has 0 radical (unpaired) electrons. The van der Waals surface area contributed by atoms with Crippen LogP contribution in [0.3, 0.4) is 0 Å². The third-order valence-electron chi connectivity index (χ3n) is 1.88. The summed E-state index contributed by atoms with van der Waals surface area (Å²) in [5, 5.41) is 8.89. The first-order chi connectivity index (χ1) is 7.27.